The molecule has 24 nitrogen and oxygen atoms in total. The second-order valence-corrected chi connectivity index (χ2v) is 19.8. The van der Waals surface area contributed by atoms with Gasteiger partial charge in [-0.3, -0.25) is 23.0 Å². The molecule has 5 rings (SSSR count). The number of phenols is 1. The first-order chi connectivity index (χ1) is 28.6. The minimum atomic E-state index is -5.39. The van der Waals surface area contributed by atoms with Crippen LogP contribution in [0, 0.1) is 6.08 Å². The van der Waals surface area contributed by atoms with Crippen molar-refractivity contribution in [3.63, 3.8) is 0 Å². The van der Waals surface area contributed by atoms with E-state index in [0.717, 1.165) is 35.2 Å². The molecule has 0 bridgehead atoms. The van der Waals surface area contributed by atoms with Gasteiger partial charge in [0, 0.05) is 29.4 Å². The maximum atomic E-state index is 14.9. The second-order valence-electron chi connectivity index (χ2n) is 12.3. The summed E-state index contributed by atoms with van der Waals surface area (Å²) in [5.74, 6) is -3.28. The van der Waals surface area contributed by atoms with E-state index in [1.807, 2.05) is 0 Å². The van der Waals surface area contributed by atoms with Crippen LogP contribution in [0.3, 0.4) is 0 Å². The fourth-order valence-corrected chi connectivity index (χ4v) is 8.74. The first-order valence-corrected chi connectivity index (χ1v) is 24.0. The van der Waals surface area contributed by atoms with E-state index < -0.39 is 138 Å². The molecule has 0 aliphatic carbocycles. The van der Waals surface area contributed by atoms with Gasteiger partial charge in [-0.05, 0) is 66.9 Å². The molecule has 5 aromatic rings. The van der Waals surface area contributed by atoms with E-state index in [2.05, 4.69) is 42.4 Å². The fourth-order valence-electron chi connectivity index (χ4n) is 5.49. The first-order valence-electron chi connectivity index (χ1n) is 16.7. The number of anilines is 5. The Morgan fingerprint density at radius 3 is 1.98 bits per heavy atom. The maximum absolute atomic E-state index is 14.9. The Kier molecular flexibility index (Phi) is 12.9. The zero-order valence-electron chi connectivity index (χ0n) is 31.2. The minimum absolute atomic E-state index is 0.186. The lowest BCUT2D eigenvalue weighted by molar-refractivity contribution is -0.115. The topological polar surface area (TPSA) is 380 Å². The summed E-state index contributed by atoms with van der Waals surface area (Å²) in [7, 11) is -25.0. The van der Waals surface area contributed by atoms with Gasteiger partial charge in [0.05, 0.1) is 21.2 Å². The highest BCUT2D eigenvalue weighted by molar-refractivity contribution is 7.94. The molecule has 1 heterocycles. The number of aromatic hydroxyl groups is 1. The second kappa shape index (κ2) is 17.0. The zero-order valence-corrected chi connectivity index (χ0v) is 35.3. The van der Waals surface area contributed by atoms with Crippen LogP contribution in [0.25, 0.3) is 10.8 Å². The van der Waals surface area contributed by atoms with Gasteiger partial charge in [-0.2, -0.15) is 53.0 Å². The molecule has 0 spiro atoms. The van der Waals surface area contributed by atoms with Gasteiger partial charge in [0.25, 0.3) is 40.5 Å². The highest BCUT2D eigenvalue weighted by Crippen LogP contribution is 2.46. The average molecular weight is 961 g/mol. The number of phenolic OH excluding ortho intramolecular Hbond substituents is 1. The summed E-state index contributed by atoms with van der Waals surface area (Å²) in [4.78, 5) is 19.6. The molecule has 0 atom stereocenters. The number of carbonyl (C=O) groups excluding carboxylic acids is 1. The number of halogens is 1. The summed E-state index contributed by atoms with van der Waals surface area (Å²) in [6.45, 7) is 5.70. The number of hydrogen-bond acceptors (Lipinski definition) is 19. The van der Waals surface area contributed by atoms with Crippen LogP contribution in [0.15, 0.2) is 101 Å². The number of hydrogen-bond donors (Lipinski definition) is 7. The van der Waals surface area contributed by atoms with Crippen LogP contribution in [0.5, 0.6) is 5.75 Å². The third-order valence-electron chi connectivity index (χ3n) is 8.25. The summed E-state index contributed by atoms with van der Waals surface area (Å²) in [6, 6.07) is 6.97. The van der Waals surface area contributed by atoms with Gasteiger partial charge < -0.3 is 20.6 Å². The normalized spacial score (nSPS) is 12.7. The lowest BCUT2D eigenvalue weighted by Gasteiger charge is -2.23. The zero-order chi connectivity index (χ0) is 46.3. The van der Waals surface area contributed by atoms with Crippen LogP contribution in [0.4, 0.5) is 44.7 Å². The number of carbonyl (C=O) groups is 1. The van der Waals surface area contributed by atoms with Gasteiger partial charge in [0.1, 0.15) is 26.1 Å². The van der Waals surface area contributed by atoms with E-state index in [9.17, 15) is 74.6 Å². The molecular weight excluding hydrogens is 932 g/mol. The molecule has 62 heavy (non-hydrogen) atoms. The number of benzene rings is 4. The molecule has 1 aromatic heterocycles. The predicted molar refractivity (Wildman–Crippen MR) is 214 cm³/mol. The monoisotopic (exact) mass is 960 g/mol. The van der Waals surface area contributed by atoms with E-state index in [1.54, 1.807) is 0 Å². The molecule has 0 unspecified atom stereocenters. The molecular formula is C32H29FN8O16S5. The van der Waals surface area contributed by atoms with Gasteiger partial charge in [0.15, 0.2) is 15.6 Å². The quantitative estimate of drug-likeness (QED) is 0.0563. The number of aromatic nitrogens is 3. The van der Waals surface area contributed by atoms with Crippen LogP contribution in [0.1, 0.15) is 20.3 Å². The SMILES string of the molecule is C=CS(=O)(=O)c1ccc(S(=O)(=O)O)c(N(CC)c2nc(F)nc(Nc3ccc(N=Nc4c(S(=O)(=O)O)cc5cc(S(=O)(=O)O)cc(NC(=O)CC)c5c4O)c(S(=O)(=O)O)c3)n2)c1. The Morgan fingerprint density at radius 2 is 1.42 bits per heavy atom. The molecule has 0 aliphatic rings. The third kappa shape index (κ3) is 10.1. The minimum Gasteiger partial charge on any atom is -0.505 e. The standard InChI is InChI=1S/C32H29FN8O16S5/c1-4-26(42)35-21-14-19(59(46,47)48)11-16-12-25(62(55,56)57)28(29(43)27(16)21)40-39-20-9-7-17(13-24(20)61(52,53)54)34-31-36-30(33)37-32(38-31)41(5-2)22-15-18(58(44,45)6-3)8-10-23(22)60(49,50)51/h6-15,43H,3-5H2,1-2H3,(H,35,42)(H,46,47,48)(H,49,50,51)(H,52,53,54)(H,55,56,57)(H,34,36,37,38). The molecule has 30 heteroatoms. The number of sulfone groups is 1. The van der Waals surface area contributed by atoms with E-state index in [0.29, 0.717) is 29.7 Å². The molecule has 330 valence electrons. The molecule has 0 saturated heterocycles. The number of nitrogens with one attached hydrogen (secondary N) is 2. The van der Waals surface area contributed by atoms with Gasteiger partial charge in [-0.15, -0.1) is 10.2 Å². The lowest BCUT2D eigenvalue weighted by atomic mass is 10.1. The van der Waals surface area contributed by atoms with Crippen molar-refractivity contribution in [2.24, 2.45) is 10.2 Å². The number of rotatable bonds is 15. The summed E-state index contributed by atoms with van der Waals surface area (Å²) in [6.07, 6.45) is -1.70. The Labute approximate surface area is 350 Å². The molecule has 7 N–H and O–H groups in total. The smallest absolute Gasteiger partial charge is 0.315 e. The van der Waals surface area contributed by atoms with E-state index in [1.165, 1.54) is 13.8 Å². The number of amides is 1. The van der Waals surface area contributed by atoms with E-state index >= 15 is 0 Å². The lowest BCUT2D eigenvalue weighted by Crippen LogP contribution is -2.23. The van der Waals surface area contributed by atoms with Crippen LogP contribution in [0.2, 0.25) is 0 Å². The summed E-state index contributed by atoms with van der Waals surface area (Å²) in [5.41, 5.74) is -3.22. The fraction of sp³-hybridized carbons (Fsp3) is 0.125. The van der Waals surface area contributed by atoms with Crippen molar-refractivity contribution in [3.05, 3.63) is 72.7 Å². The highest BCUT2D eigenvalue weighted by atomic mass is 32.2. The predicted octanol–water partition coefficient (Wildman–Crippen LogP) is 4.44. The van der Waals surface area contributed by atoms with Crippen LogP contribution in [-0.2, 0) is 55.1 Å². The largest absolute Gasteiger partial charge is 0.505 e. The maximum Gasteiger partial charge on any atom is 0.315 e. The van der Waals surface area contributed by atoms with Crippen molar-refractivity contribution in [1.29, 1.82) is 0 Å². The Bertz CT molecular complexity index is 3320. The van der Waals surface area contributed by atoms with Crippen molar-refractivity contribution in [2.75, 3.05) is 22.1 Å². The van der Waals surface area contributed by atoms with Gasteiger partial charge in [0.2, 0.25) is 17.8 Å². The highest BCUT2D eigenvalue weighted by Gasteiger charge is 2.28. The molecule has 0 aliphatic heterocycles. The van der Waals surface area contributed by atoms with Crippen molar-refractivity contribution in [3.8, 4) is 5.75 Å². The third-order valence-corrected chi connectivity index (χ3v) is 13.1. The van der Waals surface area contributed by atoms with Crippen LogP contribution < -0.4 is 15.5 Å². The van der Waals surface area contributed by atoms with E-state index in [4.69, 9.17) is 0 Å². The van der Waals surface area contributed by atoms with Gasteiger partial charge >= 0.3 is 6.08 Å². The molecule has 0 radical (unpaired) electrons. The van der Waals surface area contributed by atoms with Gasteiger partial charge in [-0.1, -0.05) is 13.5 Å². The van der Waals surface area contributed by atoms with Crippen molar-refractivity contribution in [2.45, 2.75) is 44.7 Å². The average Bonchev–Trinajstić information content (AvgIpc) is 3.16. The van der Waals surface area contributed by atoms with Crippen molar-refractivity contribution >= 4 is 107 Å². The van der Waals surface area contributed by atoms with Crippen molar-refractivity contribution < 1.29 is 74.6 Å². The molecule has 1 amide bonds. The molecule has 0 fully saturated rings. The summed E-state index contributed by atoms with van der Waals surface area (Å²) < 4.78 is 178. The number of fused-ring (bicyclic) bond motifs is 1. The Balaban J connectivity index is 1.63. The van der Waals surface area contributed by atoms with Crippen LogP contribution in [-0.4, -0.2) is 92.8 Å². The van der Waals surface area contributed by atoms with Crippen molar-refractivity contribution in [1.82, 2.24) is 15.0 Å². The summed E-state index contributed by atoms with van der Waals surface area (Å²) >= 11 is 0. The van der Waals surface area contributed by atoms with E-state index in [-0.39, 0.29) is 18.7 Å². The van der Waals surface area contributed by atoms with Gasteiger partial charge in [-0.25, -0.2) is 8.42 Å². The molecule has 4 aromatic carbocycles. The molecule has 0 saturated carbocycles. The first kappa shape index (κ1) is 46.9. The number of azo groups is 1. The van der Waals surface area contributed by atoms with Crippen LogP contribution >= 0.6 is 0 Å². The summed E-state index contributed by atoms with van der Waals surface area (Å²) in [5, 5.41) is 22.8. The number of nitrogens with zero attached hydrogens (tertiary/aromatic N) is 6. The Morgan fingerprint density at radius 1 is 0.774 bits per heavy atom. The Hall–Kier alpha value is -6.12.